The first-order valence-electron chi connectivity index (χ1n) is 5.44. The number of hydrogen-bond acceptors (Lipinski definition) is 2. The zero-order valence-corrected chi connectivity index (χ0v) is 13.0. The summed E-state index contributed by atoms with van der Waals surface area (Å²) in [4.78, 5) is 11.1. The molecule has 2 aromatic rings. The molecule has 0 radical (unpaired) electrons. The molecule has 21 heavy (non-hydrogen) atoms. The summed E-state index contributed by atoms with van der Waals surface area (Å²) in [6.07, 6.45) is 0. The fraction of sp³-hybridized carbons (Fsp3) is 0. The van der Waals surface area contributed by atoms with Gasteiger partial charge in [-0.05, 0) is 40.8 Å². The third kappa shape index (κ3) is 3.08. The molecule has 0 aliphatic rings. The number of benzene rings is 2. The van der Waals surface area contributed by atoms with Crippen molar-refractivity contribution in [1.29, 1.82) is 0 Å². The molecule has 0 unspecified atom stereocenters. The second-order valence-electron chi connectivity index (χ2n) is 3.94. The van der Waals surface area contributed by atoms with Gasteiger partial charge in [0, 0.05) is 0 Å². The summed E-state index contributed by atoms with van der Waals surface area (Å²) < 4.78 is 41.5. The largest absolute Gasteiger partial charge is 0.478 e. The Bertz CT molecular complexity index is 740. The highest BCUT2D eigenvalue weighted by Crippen LogP contribution is 2.32. The van der Waals surface area contributed by atoms with Crippen molar-refractivity contribution in [2.45, 2.75) is 0 Å². The molecule has 2 rings (SSSR count). The molecule has 0 spiro atoms. The van der Waals surface area contributed by atoms with Crippen molar-refractivity contribution in [1.82, 2.24) is 0 Å². The van der Waals surface area contributed by atoms with Gasteiger partial charge in [0.1, 0.15) is 0 Å². The number of anilines is 2. The lowest BCUT2D eigenvalue weighted by molar-refractivity contribution is 0.0697. The minimum absolute atomic E-state index is 0.176. The van der Waals surface area contributed by atoms with Crippen LogP contribution < -0.4 is 5.32 Å². The number of carboxylic acids is 1. The lowest BCUT2D eigenvalue weighted by Crippen LogP contribution is -2.08. The predicted molar refractivity (Wildman–Crippen MR) is 80.7 cm³/mol. The maximum Gasteiger partial charge on any atom is 0.337 e. The topological polar surface area (TPSA) is 49.3 Å². The van der Waals surface area contributed by atoms with Crippen LogP contribution in [0.5, 0.6) is 0 Å². The molecule has 0 amide bonds. The van der Waals surface area contributed by atoms with Gasteiger partial charge in [-0.1, -0.05) is 17.7 Å². The van der Waals surface area contributed by atoms with Crippen LogP contribution in [0.25, 0.3) is 0 Å². The lowest BCUT2D eigenvalue weighted by Gasteiger charge is -2.13. The summed E-state index contributed by atoms with van der Waals surface area (Å²) in [6, 6.07) is 4.99. The van der Waals surface area contributed by atoms with E-state index in [0.29, 0.717) is 0 Å². The Hall–Kier alpha value is -1.48. The van der Waals surface area contributed by atoms with Crippen LogP contribution in [0, 0.1) is 21.0 Å². The molecule has 3 nitrogen and oxygen atoms in total. The van der Waals surface area contributed by atoms with Gasteiger partial charge in [0.15, 0.2) is 17.5 Å². The smallest absolute Gasteiger partial charge is 0.337 e. The van der Waals surface area contributed by atoms with Crippen LogP contribution in [0.2, 0.25) is 5.02 Å². The predicted octanol–water partition coefficient (Wildman–Crippen LogP) is 4.80. The maximum atomic E-state index is 13.9. The van der Waals surface area contributed by atoms with E-state index < -0.39 is 39.7 Å². The van der Waals surface area contributed by atoms with Gasteiger partial charge in [-0.25, -0.2) is 18.0 Å². The Labute approximate surface area is 135 Å². The second-order valence-corrected chi connectivity index (χ2v) is 5.51. The minimum Gasteiger partial charge on any atom is -0.478 e. The zero-order chi connectivity index (χ0) is 15.7. The molecule has 0 bridgehead atoms. The Morgan fingerprint density at radius 2 is 1.86 bits per heavy atom. The molecule has 0 aromatic heterocycles. The number of carbonyl (C=O) groups is 1. The summed E-state index contributed by atoms with van der Waals surface area (Å²) in [7, 11) is 0. The van der Waals surface area contributed by atoms with Crippen molar-refractivity contribution in [2.75, 3.05) is 5.32 Å². The standard InChI is InChI=1S/C13H6ClF3INO2/c14-6-4-5(13(20)21)12(11(17)9(6)15)19-8-3-1-2-7(18)10(8)16/h1-4,19H,(H,20,21). The minimum atomic E-state index is -1.52. The molecule has 0 heterocycles. The molecule has 110 valence electrons. The van der Waals surface area contributed by atoms with Crippen molar-refractivity contribution in [2.24, 2.45) is 0 Å². The van der Waals surface area contributed by atoms with Crippen LogP contribution >= 0.6 is 34.2 Å². The molecule has 2 aromatic carbocycles. The SMILES string of the molecule is O=C(O)c1cc(Cl)c(F)c(F)c1Nc1cccc(I)c1F. The fourth-order valence-electron chi connectivity index (χ4n) is 1.62. The van der Waals surface area contributed by atoms with Gasteiger partial charge in [-0.3, -0.25) is 0 Å². The molecular weight excluding hydrogens is 421 g/mol. The Balaban J connectivity index is 2.61. The Morgan fingerprint density at radius 1 is 1.19 bits per heavy atom. The van der Waals surface area contributed by atoms with Crippen LogP contribution in [0.1, 0.15) is 10.4 Å². The van der Waals surface area contributed by atoms with Gasteiger partial charge in [-0.15, -0.1) is 0 Å². The van der Waals surface area contributed by atoms with Crippen molar-refractivity contribution < 1.29 is 23.1 Å². The van der Waals surface area contributed by atoms with Gasteiger partial charge in [-0.2, -0.15) is 0 Å². The normalized spacial score (nSPS) is 10.5. The Morgan fingerprint density at radius 3 is 2.48 bits per heavy atom. The van der Waals surface area contributed by atoms with Gasteiger partial charge in [0.05, 0.1) is 25.5 Å². The second kappa shape index (κ2) is 6.10. The van der Waals surface area contributed by atoms with Gasteiger partial charge < -0.3 is 10.4 Å². The molecular formula is C13H6ClF3INO2. The molecule has 0 fully saturated rings. The first kappa shape index (κ1) is 15.9. The molecule has 0 saturated heterocycles. The van der Waals surface area contributed by atoms with E-state index in [9.17, 15) is 18.0 Å². The van der Waals surface area contributed by atoms with Crippen LogP contribution in [0.3, 0.4) is 0 Å². The van der Waals surface area contributed by atoms with E-state index in [4.69, 9.17) is 16.7 Å². The van der Waals surface area contributed by atoms with Crippen molar-refractivity contribution in [3.05, 3.63) is 55.9 Å². The van der Waals surface area contributed by atoms with Gasteiger partial charge >= 0.3 is 5.97 Å². The van der Waals surface area contributed by atoms with E-state index in [0.717, 1.165) is 6.07 Å². The summed E-state index contributed by atoms with van der Waals surface area (Å²) in [6.45, 7) is 0. The first-order valence-corrected chi connectivity index (χ1v) is 6.90. The Kier molecular flexibility index (Phi) is 4.62. The lowest BCUT2D eigenvalue weighted by atomic mass is 10.1. The molecule has 0 aliphatic heterocycles. The first-order chi connectivity index (χ1) is 9.82. The van der Waals surface area contributed by atoms with E-state index in [-0.39, 0.29) is 9.26 Å². The third-order valence-electron chi connectivity index (χ3n) is 2.60. The average molecular weight is 428 g/mol. The summed E-state index contributed by atoms with van der Waals surface area (Å²) in [5.74, 6) is -5.12. The van der Waals surface area contributed by atoms with Gasteiger partial charge in [0.25, 0.3) is 0 Å². The molecule has 0 aliphatic carbocycles. The average Bonchev–Trinajstić information content (AvgIpc) is 2.43. The summed E-state index contributed by atoms with van der Waals surface area (Å²) >= 11 is 7.13. The fourth-order valence-corrected chi connectivity index (χ4v) is 2.31. The number of aromatic carboxylic acids is 1. The van der Waals surface area contributed by atoms with Crippen LogP contribution in [-0.2, 0) is 0 Å². The van der Waals surface area contributed by atoms with Crippen LogP contribution in [0.15, 0.2) is 24.3 Å². The third-order valence-corrected chi connectivity index (χ3v) is 3.71. The van der Waals surface area contributed by atoms with Crippen LogP contribution in [-0.4, -0.2) is 11.1 Å². The van der Waals surface area contributed by atoms with Crippen molar-refractivity contribution in [3.63, 3.8) is 0 Å². The summed E-state index contributed by atoms with van der Waals surface area (Å²) in [5.41, 5.74) is -1.47. The van der Waals surface area contributed by atoms with Crippen molar-refractivity contribution in [3.8, 4) is 0 Å². The maximum absolute atomic E-state index is 13.9. The quantitative estimate of drug-likeness (QED) is 0.546. The number of carboxylic acid groups (broad SMARTS) is 1. The van der Waals surface area contributed by atoms with E-state index in [1.54, 1.807) is 22.6 Å². The highest BCUT2D eigenvalue weighted by molar-refractivity contribution is 14.1. The molecule has 0 saturated carbocycles. The highest BCUT2D eigenvalue weighted by atomic mass is 127. The van der Waals surface area contributed by atoms with Gasteiger partial charge in [0.2, 0.25) is 0 Å². The highest BCUT2D eigenvalue weighted by Gasteiger charge is 2.22. The molecule has 8 heteroatoms. The number of rotatable bonds is 3. The number of nitrogens with one attached hydrogen (secondary N) is 1. The summed E-state index contributed by atoms with van der Waals surface area (Å²) in [5, 5.41) is 10.6. The monoisotopic (exact) mass is 427 g/mol. The number of hydrogen-bond donors (Lipinski definition) is 2. The zero-order valence-electron chi connectivity index (χ0n) is 10.1. The number of halogens is 5. The van der Waals surface area contributed by atoms with Crippen LogP contribution in [0.4, 0.5) is 24.5 Å². The van der Waals surface area contributed by atoms with E-state index in [1.807, 2.05) is 0 Å². The molecule has 2 N–H and O–H groups in total. The van der Waals surface area contributed by atoms with E-state index in [1.165, 1.54) is 18.2 Å². The van der Waals surface area contributed by atoms with Crippen molar-refractivity contribution >= 4 is 51.5 Å². The molecule has 0 atom stereocenters. The van der Waals surface area contributed by atoms with E-state index >= 15 is 0 Å². The van der Waals surface area contributed by atoms with E-state index in [2.05, 4.69) is 5.32 Å².